The number of carbonyl (C=O) groups excluding carboxylic acids is 1. The molecule has 0 atom stereocenters. The molecule has 5 rings (SSSR count). The Morgan fingerprint density at radius 3 is 2.41 bits per heavy atom. The summed E-state index contributed by atoms with van der Waals surface area (Å²) in [5.74, 6) is -0.283. The van der Waals surface area contributed by atoms with Crippen LogP contribution < -0.4 is 9.62 Å². The molecule has 1 N–H and O–H groups in total. The van der Waals surface area contributed by atoms with E-state index >= 15 is 0 Å². The molecule has 0 bridgehead atoms. The van der Waals surface area contributed by atoms with Gasteiger partial charge in [-0.2, -0.15) is 0 Å². The van der Waals surface area contributed by atoms with E-state index in [9.17, 15) is 13.2 Å². The molecule has 6 nitrogen and oxygen atoms in total. The SMILES string of the molecule is O=C(NCc1ccccc1CN1CCCC1)c1cccc(S(=O)(=O)N2CCc3ccccc32)c1. The van der Waals surface area contributed by atoms with Gasteiger partial charge in [0.15, 0.2) is 0 Å². The van der Waals surface area contributed by atoms with Crippen LogP contribution in [-0.2, 0) is 29.5 Å². The third-order valence-electron chi connectivity index (χ3n) is 6.68. The van der Waals surface area contributed by atoms with Gasteiger partial charge in [-0.05, 0) is 73.3 Å². The van der Waals surface area contributed by atoms with Crippen molar-refractivity contribution in [3.63, 3.8) is 0 Å². The van der Waals surface area contributed by atoms with Crippen molar-refractivity contribution in [1.29, 1.82) is 0 Å². The van der Waals surface area contributed by atoms with Crippen LogP contribution in [0.4, 0.5) is 5.69 Å². The molecule has 1 fully saturated rings. The molecule has 3 aromatic carbocycles. The summed E-state index contributed by atoms with van der Waals surface area (Å²) < 4.78 is 28.1. The minimum atomic E-state index is -3.75. The normalized spacial score (nSPS) is 15.9. The van der Waals surface area contributed by atoms with Crippen molar-refractivity contribution in [3.8, 4) is 0 Å². The zero-order valence-corrected chi connectivity index (χ0v) is 19.9. The van der Waals surface area contributed by atoms with E-state index in [1.165, 1.54) is 28.8 Å². The van der Waals surface area contributed by atoms with Crippen LogP contribution in [0.1, 0.15) is 39.9 Å². The van der Waals surface area contributed by atoms with Gasteiger partial charge in [0, 0.05) is 25.2 Å². The number of amides is 1. The number of sulfonamides is 1. The lowest BCUT2D eigenvalue weighted by Gasteiger charge is -2.20. The molecule has 176 valence electrons. The first-order valence-corrected chi connectivity index (χ1v) is 13.2. The minimum Gasteiger partial charge on any atom is -0.348 e. The summed E-state index contributed by atoms with van der Waals surface area (Å²) >= 11 is 0. The second-order valence-corrected chi connectivity index (χ2v) is 10.8. The number of carbonyl (C=O) groups is 1. The van der Waals surface area contributed by atoms with E-state index in [1.54, 1.807) is 18.2 Å². The molecule has 2 aliphatic heterocycles. The van der Waals surface area contributed by atoms with Crippen LogP contribution in [0.2, 0.25) is 0 Å². The molecule has 1 amide bonds. The van der Waals surface area contributed by atoms with Gasteiger partial charge in [-0.1, -0.05) is 48.5 Å². The lowest BCUT2D eigenvalue weighted by Crippen LogP contribution is -2.29. The van der Waals surface area contributed by atoms with Crippen LogP contribution in [0.5, 0.6) is 0 Å². The van der Waals surface area contributed by atoms with Gasteiger partial charge in [0.1, 0.15) is 0 Å². The van der Waals surface area contributed by atoms with Crippen LogP contribution >= 0.6 is 0 Å². The summed E-state index contributed by atoms with van der Waals surface area (Å²) in [5.41, 5.74) is 4.37. The van der Waals surface area contributed by atoms with Crippen LogP contribution in [0.25, 0.3) is 0 Å². The fourth-order valence-electron chi connectivity index (χ4n) is 4.83. The number of nitrogens with one attached hydrogen (secondary N) is 1. The Kier molecular flexibility index (Phi) is 6.39. The van der Waals surface area contributed by atoms with Gasteiger partial charge in [0.25, 0.3) is 15.9 Å². The Balaban J connectivity index is 1.30. The summed E-state index contributed by atoms with van der Waals surface area (Å²) in [4.78, 5) is 15.5. The van der Waals surface area contributed by atoms with Gasteiger partial charge in [0.2, 0.25) is 0 Å². The van der Waals surface area contributed by atoms with E-state index < -0.39 is 10.0 Å². The maximum atomic E-state index is 13.4. The third-order valence-corrected chi connectivity index (χ3v) is 8.49. The number of rotatable bonds is 7. The van der Waals surface area contributed by atoms with Gasteiger partial charge in [-0.3, -0.25) is 14.0 Å². The topological polar surface area (TPSA) is 69.7 Å². The number of fused-ring (bicyclic) bond motifs is 1. The molecule has 2 heterocycles. The minimum absolute atomic E-state index is 0.131. The van der Waals surface area contributed by atoms with Crippen LogP contribution in [0.15, 0.2) is 77.7 Å². The molecule has 0 aromatic heterocycles. The van der Waals surface area contributed by atoms with Crippen LogP contribution in [0.3, 0.4) is 0 Å². The second kappa shape index (κ2) is 9.60. The predicted octanol–water partition coefficient (Wildman–Crippen LogP) is 3.96. The highest BCUT2D eigenvalue weighted by Crippen LogP contribution is 2.32. The molecule has 0 unspecified atom stereocenters. The maximum Gasteiger partial charge on any atom is 0.264 e. The fraction of sp³-hybridized carbons (Fsp3) is 0.296. The molecule has 0 saturated carbocycles. The molecule has 0 aliphatic carbocycles. The first-order valence-electron chi connectivity index (χ1n) is 11.8. The number of hydrogen-bond donors (Lipinski definition) is 1. The Bertz CT molecular complexity index is 1300. The molecule has 0 radical (unpaired) electrons. The number of hydrogen-bond acceptors (Lipinski definition) is 4. The van der Waals surface area contributed by atoms with Gasteiger partial charge in [-0.25, -0.2) is 8.42 Å². The van der Waals surface area contributed by atoms with E-state index in [4.69, 9.17) is 0 Å². The highest BCUT2D eigenvalue weighted by molar-refractivity contribution is 7.92. The smallest absolute Gasteiger partial charge is 0.264 e. The van der Waals surface area contributed by atoms with E-state index in [0.717, 1.165) is 30.8 Å². The van der Waals surface area contributed by atoms with Gasteiger partial charge >= 0.3 is 0 Å². The highest BCUT2D eigenvalue weighted by Gasteiger charge is 2.31. The molecule has 3 aromatic rings. The van der Waals surface area contributed by atoms with Crippen molar-refractivity contribution in [2.24, 2.45) is 0 Å². The monoisotopic (exact) mass is 475 g/mol. The molecule has 1 saturated heterocycles. The quantitative estimate of drug-likeness (QED) is 0.562. The summed E-state index contributed by atoms with van der Waals surface area (Å²) in [6.07, 6.45) is 3.16. The summed E-state index contributed by atoms with van der Waals surface area (Å²) in [5, 5.41) is 2.98. The van der Waals surface area contributed by atoms with E-state index in [1.807, 2.05) is 42.5 Å². The van der Waals surface area contributed by atoms with Crippen LogP contribution in [-0.4, -0.2) is 38.9 Å². The summed E-state index contributed by atoms with van der Waals surface area (Å²) in [7, 11) is -3.75. The zero-order chi connectivity index (χ0) is 23.5. The van der Waals surface area contributed by atoms with E-state index in [2.05, 4.69) is 16.3 Å². The van der Waals surface area contributed by atoms with Crippen molar-refractivity contribution in [3.05, 3.63) is 95.1 Å². The highest BCUT2D eigenvalue weighted by atomic mass is 32.2. The third kappa shape index (κ3) is 4.58. The Morgan fingerprint density at radius 2 is 1.59 bits per heavy atom. The molecule has 7 heteroatoms. The second-order valence-electron chi connectivity index (χ2n) is 8.92. The average Bonchev–Trinajstić information content (AvgIpc) is 3.53. The lowest BCUT2D eigenvalue weighted by molar-refractivity contribution is 0.0950. The van der Waals surface area contributed by atoms with Crippen molar-refractivity contribution in [2.45, 2.75) is 37.2 Å². The molecule has 34 heavy (non-hydrogen) atoms. The standard InChI is InChI=1S/C27H29N3O3S/c31-27(28-19-23-9-1-2-10-24(23)20-29-15-5-6-16-29)22-11-7-12-25(18-22)34(32,33)30-17-14-21-8-3-4-13-26(21)30/h1-4,7-13,18H,5-6,14-17,19-20H2,(H,28,31). The Labute approximate surface area is 201 Å². The summed E-state index contributed by atoms with van der Waals surface area (Å²) in [6.45, 7) is 3.93. The van der Waals surface area contributed by atoms with Crippen LogP contribution in [0, 0.1) is 0 Å². The maximum absolute atomic E-state index is 13.4. The van der Waals surface area contributed by atoms with Crippen molar-refractivity contribution < 1.29 is 13.2 Å². The van der Waals surface area contributed by atoms with Gasteiger partial charge < -0.3 is 5.32 Å². The zero-order valence-electron chi connectivity index (χ0n) is 19.1. The first-order chi connectivity index (χ1) is 16.5. The van der Waals surface area contributed by atoms with Crippen molar-refractivity contribution in [2.75, 3.05) is 23.9 Å². The van der Waals surface area contributed by atoms with E-state index in [-0.39, 0.29) is 10.8 Å². The average molecular weight is 476 g/mol. The summed E-state index contributed by atoms with van der Waals surface area (Å²) in [6, 6.07) is 22.0. The number of likely N-dealkylation sites (tertiary alicyclic amines) is 1. The molecule has 0 spiro atoms. The molecular weight excluding hydrogens is 446 g/mol. The number of benzene rings is 3. The Hall–Kier alpha value is -3.16. The lowest BCUT2D eigenvalue weighted by atomic mass is 10.1. The Morgan fingerprint density at radius 1 is 0.853 bits per heavy atom. The fourth-order valence-corrected chi connectivity index (χ4v) is 6.38. The van der Waals surface area contributed by atoms with Gasteiger partial charge in [-0.15, -0.1) is 0 Å². The van der Waals surface area contributed by atoms with Crippen molar-refractivity contribution >= 4 is 21.6 Å². The van der Waals surface area contributed by atoms with E-state index in [0.29, 0.717) is 30.8 Å². The number of para-hydroxylation sites is 1. The number of anilines is 1. The first kappa shape index (κ1) is 22.6. The molecule has 2 aliphatic rings. The largest absolute Gasteiger partial charge is 0.348 e. The van der Waals surface area contributed by atoms with Gasteiger partial charge in [0.05, 0.1) is 10.6 Å². The predicted molar refractivity (Wildman–Crippen MR) is 133 cm³/mol. The van der Waals surface area contributed by atoms with Crippen molar-refractivity contribution in [1.82, 2.24) is 10.2 Å². The molecular formula is C27H29N3O3S. The number of nitrogens with zero attached hydrogens (tertiary/aromatic N) is 2.